The van der Waals surface area contributed by atoms with Gasteiger partial charge in [0, 0.05) is 33.1 Å². The van der Waals surface area contributed by atoms with Gasteiger partial charge in [0.2, 0.25) is 5.91 Å². The topological polar surface area (TPSA) is 92.6 Å². The minimum Gasteiger partial charge on any atom is -0.359 e. The van der Waals surface area contributed by atoms with Crippen molar-refractivity contribution in [2.45, 2.75) is 6.42 Å². The van der Waals surface area contributed by atoms with Crippen LogP contribution in [0.25, 0.3) is 0 Å². The van der Waals surface area contributed by atoms with Crippen LogP contribution in [-0.2, 0) is 4.79 Å². The van der Waals surface area contributed by atoms with Crippen LogP contribution in [0.4, 0.5) is 5.69 Å². The minimum atomic E-state index is -0.564. The van der Waals surface area contributed by atoms with Crippen LogP contribution >= 0.6 is 15.9 Å². The summed E-state index contributed by atoms with van der Waals surface area (Å²) in [7, 11) is 3.05. The molecule has 0 spiro atoms. The highest BCUT2D eigenvalue weighted by atomic mass is 79.9. The number of nitrogens with zero attached hydrogens (tertiary/aromatic N) is 2. The molecule has 1 aromatic rings. The Hall–Kier alpha value is -1.96. The van der Waals surface area contributed by atoms with Crippen molar-refractivity contribution in [3.63, 3.8) is 0 Å². The third-order valence-electron chi connectivity index (χ3n) is 2.71. The second-order valence-electron chi connectivity index (χ2n) is 4.05. The molecule has 0 unspecified atom stereocenters. The van der Waals surface area contributed by atoms with Crippen molar-refractivity contribution in [2.75, 3.05) is 20.6 Å². The zero-order chi connectivity index (χ0) is 15.3. The van der Waals surface area contributed by atoms with Gasteiger partial charge in [-0.2, -0.15) is 0 Å². The van der Waals surface area contributed by atoms with Gasteiger partial charge in [-0.3, -0.25) is 19.7 Å². The number of rotatable bonds is 5. The first-order valence-electron chi connectivity index (χ1n) is 5.77. The molecule has 0 saturated carbocycles. The van der Waals surface area contributed by atoms with E-state index in [9.17, 15) is 19.7 Å². The van der Waals surface area contributed by atoms with Gasteiger partial charge in [-0.25, -0.2) is 0 Å². The number of halogens is 1. The monoisotopic (exact) mass is 343 g/mol. The zero-order valence-electron chi connectivity index (χ0n) is 11.1. The van der Waals surface area contributed by atoms with E-state index in [4.69, 9.17) is 0 Å². The van der Waals surface area contributed by atoms with E-state index in [0.717, 1.165) is 0 Å². The fraction of sp³-hybridized carbons (Fsp3) is 0.333. The molecule has 20 heavy (non-hydrogen) atoms. The first kappa shape index (κ1) is 16.1. The van der Waals surface area contributed by atoms with Gasteiger partial charge in [-0.05, 0) is 22.0 Å². The lowest BCUT2D eigenvalue weighted by Gasteiger charge is -2.17. The number of hydrogen-bond acceptors (Lipinski definition) is 4. The molecule has 7 nitrogen and oxygen atoms in total. The standard InChI is InChI=1S/C12H14BrN3O4/c1-14-10(17)6-7-15(2)12(18)8-4-3-5-9(11(8)13)16(19)20/h3-5H,6-7H2,1-2H3,(H,14,17). The van der Waals surface area contributed by atoms with Crippen molar-refractivity contribution >= 4 is 33.4 Å². The second kappa shape index (κ2) is 6.99. The first-order chi connectivity index (χ1) is 9.38. The van der Waals surface area contributed by atoms with E-state index in [2.05, 4.69) is 21.2 Å². The number of carbonyl (C=O) groups is 2. The van der Waals surface area contributed by atoms with Gasteiger partial charge < -0.3 is 10.2 Å². The highest BCUT2D eigenvalue weighted by molar-refractivity contribution is 9.10. The average molecular weight is 344 g/mol. The maximum Gasteiger partial charge on any atom is 0.284 e. The Balaban J connectivity index is 2.89. The summed E-state index contributed by atoms with van der Waals surface area (Å²) >= 11 is 3.08. The molecule has 0 aliphatic heterocycles. The summed E-state index contributed by atoms with van der Waals surface area (Å²) in [6.07, 6.45) is 0.172. The molecule has 8 heteroatoms. The summed E-state index contributed by atoms with van der Waals surface area (Å²) in [6, 6.07) is 4.25. The highest BCUT2D eigenvalue weighted by Crippen LogP contribution is 2.28. The summed E-state index contributed by atoms with van der Waals surface area (Å²) in [5.41, 5.74) is 0.0224. The predicted octanol–water partition coefficient (Wildman–Crippen LogP) is 1.57. The van der Waals surface area contributed by atoms with Crippen LogP contribution in [0.3, 0.4) is 0 Å². The van der Waals surface area contributed by atoms with E-state index in [0.29, 0.717) is 0 Å². The SMILES string of the molecule is CNC(=O)CCN(C)C(=O)c1cccc([N+](=O)[O-])c1Br. The molecule has 0 aliphatic rings. The van der Waals surface area contributed by atoms with Crippen molar-refractivity contribution in [2.24, 2.45) is 0 Å². The molecule has 0 aromatic heterocycles. The molecular weight excluding hydrogens is 330 g/mol. The molecule has 0 bridgehead atoms. The minimum absolute atomic E-state index is 0.141. The Morgan fingerprint density at radius 2 is 2.10 bits per heavy atom. The number of hydrogen-bond donors (Lipinski definition) is 1. The number of nitro benzene ring substituents is 1. The summed E-state index contributed by atoms with van der Waals surface area (Å²) in [6.45, 7) is 0.230. The zero-order valence-corrected chi connectivity index (χ0v) is 12.6. The fourth-order valence-electron chi connectivity index (χ4n) is 1.53. The summed E-state index contributed by atoms with van der Waals surface area (Å²) in [4.78, 5) is 34.9. The molecule has 0 heterocycles. The molecule has 1 N–H and O–H groups in total. The van der Waals surface area contributed by atoms with E-state index >= 15 is 0 Å². The molecule has 0 radical (unpaired) electrons. The average Bonchev–Trinajstić information content (AvgIpc) is 2.43. The lowest BCUT2D eigenvalue weighted by molar-refractivity contribution is -0.385. The largest absolute Gasteiger partial charge is 0.359 e. The smallest absolute Gasteiger partial charge is 0.284 e. The predicted molar refractivity (Wildman–Crippen MR) is 76.4 cm³/mol. The third kappa shape index (κ3) is 3.77. The van der Waals surface area contributed by atoms with E-state index in [-0.39, 0.29) is 40.5 Å². The van der Waals surface area contributed by atoms with Gasteiger partial charge in [0.15, 0.2) is 0 Å². The normalized spacial score (nSPS) is 9.95. The van der Waals surface area contributed by atoms with Crippen molar-refractivity contribution in [1.29, 1.82) is 0 Å². The second-order valence-corrected chi connectivity index (χ2v) is 4.84. The summed E-state index contributed by atoms with van der Waals surface area (Å²) in [5.74, 6) is -0.563. The van der Waals surface area contributed by atoms with Crippen molar-refractivity contribution in [1.82, 2.24) is 10.2 Å². The third-order valence-corrected chi connectivity index (χ3v) is 3.54. The Morgan fingerprint density at radius 3 is 2.65 bits per heavy atom. The number of nitro groups is 1. The molecule has 0 atom stereocenters. The Kier molecular flexibility index (Phi) is 5.63. The van der Waals surface area contributed by atoms with E-state index in [1.165, 1.54) is 37.2 Å². The van der Waals surface area contributed by atoms with Gasteiger partial charge in [0.05, 0.1) is 10.5 Å². The Labute approximate surface area is 124 Å². The lowest BCUT2D eigenvalue weighted by atomic mass is 10.1. The maximum atomic E-state index is 12.2. The number of amides is 2. The van der Waals surface area contributed by atoms with Crippen LogP contribution in [0.5, 0.6) is 0 Å². The quantitative estimate of drug-likeness (QED) is 0.648. The van der Waals surface area contributed by atoms with Gasteiger partial charge in [-0.15, -0.1) is 0 Å². The van der Waals surface area contributed by atoms with Gasteiger partial charge in [-0.1, -0.05) is 6.07 Å². The van der Waals surface area contributed by atoms with E-state index in [1.807, 2.05) is 0 Å². The lowest BCUT2D eigenvalue weighted by Crippen LogP contribution is -2.31. The van der Waals surface area contributed by atoms with Crippen LogP contribution in [0.15, 0.2) is 22.7 Å². The molecule has 108 valence electrons. The van der Waals surface area contributed by atoms with Crippen LogP contribution in [0.1, 0.15) is 16.8 Å². The van der Waals surface area contributed by atoms with E-state index < -0.39 is 4.92 Å². The highest BCUT2D eigenvalue weighted by Gasteiger charge is 2.21. The van der Waals surface area contributed by atoms with Crippen molar-refractivity contribution in [3.8, 4) is 0 Å². The molecular formula is C12H14BrN3O4. The van der Waals surface area contributed by atoms with Crippen LogP contribution in [-0.4, -0.2) is 42.3 Å². The van der Waals surface area contributed by atoms with E-state index in [1.54, 1.807) is 0 Å². The van der Waals surface area contributed by atoms with Crippen LogP contribution < -0.4 is 5.32 Å². The molecule has 2 amide bonds. The van der Waals surface area contributed by atoms with Gasteiger partial charge in [0.1, 0.15) is 4.47 Å². The van der Waals surface area contributed by atoms with Crippen LogP contribution in [0, 0.1) is 10.1 Å². The Morgan fingerprint density at radius 1 is 1.45 bits per heavy atom. The van der Waals surface area contributed by atoms with Gasteiger partial charge in [0.25, 0.3) is 11.6 Å². The molecule has 0 aliphatic carbocycles. The summed E-state index contributed by atoms with van der Waals surface area (Å²) in [5, 5.41) is 13.3. The maximum absolute atomic E-state index is 12.2. The van der Waals surface area contributed by atoms with Crippen molar-refractivity contribution < 1.29 is 14.5 Å². The van der Waals surface area contributed by atoms with Crippen LogP contribution in [0.2, 0.25) is 0 Å². The number of benzene rings is 1. The fourth-order valence-corrected chi connectivity index (χ4v) is 2.11. The molecule has 0 fully saturated rings. The Bertz CT molecular complexity index is 548. The summed E-state index contributed by atoms with van der Waals surface area (Å²) < 4.78 is 0.141. The number of nitrogens with one attached hydrogen (secondary N) is 1. The molecule has 0 saturated heterocycles. The van der Waals surface area contributed by atoms with Gasteiger partial charge >= 0.3 is 0 Å². The molecule has 1 rings (SSSR count). The number of carbonyl (C=O) groups excluding carboxylic acids is 2. The van der Waals surface area contributed by atoms with Crippen molar-refractivity contribution in [3.05, 3.63) is 38.3 Å². The first-order valence-corrected chi connectivity index (χ1v) is 6.56. The molecule has 1 aromatic carbocycles.